The Hall–Kier alpha value is -0.910. The largest absolute Gasteiger partial charge is 0.460 e. The molecule has 5 nitrogen and oxygen atoms in total. The zero-order valence-corrected chi connectivity index (χ0v) is 19.1. The van der Waals surface area contributed by atoms with Gasteiger partial charge in [-0.2, -0.15) is 5.06 Å². The van der Waals surface area contributed by atoms with Crippen LogP contribution in [0.25, 0.3) is 0 Å². The molecule has 0 radical (unpaired) electrons. The zero-order valence-electron chi connectivity index (χ0n) is 19.1. The van der Waals surface area contributed by atoms with Crippen LogP contribution in [-0.4, -0.2) is 45.0 Å². The molecule has 1 aliphatic carbocycles. The quantitative estimate of drug-likeness (QED) is 0.543. The lowest BCUT2D eigenvalue weighted by Crippen LogP contribution is -2.58. The molecule has 1 N–H and O–H groups in total. The average Bonchev–Trinajstić information content (AvgIpc) is 2.88. The maximum atomic E-state index is 12.6. The van der Waals surface area contributed by atoms with Crippen molar-refractivity contribution in [2.75, 3.05) is 0 Å². The lowest BCUT2D eigenvalue weighted by molar-refractivity contribution is -0.293. The number of hydroxylamine groups is 2. The van der Waals surface area contributed by atoms with E-state index in [1.807, 2.05) is 39.8 Å². The van der Waals surface area contributed by atoms with Crippen LogP contribution in [-0.2, 0) is 14.4 Å². The molecule has 1 saturated heterocycles. The van der Waals surface area contributed by atoms with Crippen LogP contribution < -0.4 is 0 Å². The van der Waals surface area contributed by atoms with Gasteiger partial charge in [-0.05, 0) is 93.4 Å². The molecule has 0 aromatic heterocycles. The van der Waals surface area contributed by atoms with Crippen LogP contribution in [0.5, 0.6) is 0 Å². The average molecular weight is 396 g/mol. The van der Waals surface area contributed by atoms with E-state index in [0.717, 1.165) is 19.3 Å². The first-order valence-corrected chi connectivity index (χ1v) is 10.8. The molecule has 162 valence electrons. The van der Waals surface area contributed by atoms with E-state index in [1.54, 1.807) is 0 Å². The Morgan fingerprint density at radius 3 is 2.25 bits per heavy atom. The van der Waals surface area contributed by atoms with E-state index in [4.69, 9.17) is 9.57 Å². The van der Waals surface area contributed by atoms with Gasteiger partial charge in [-0.1, -0.05) is 12.2 Å². The predicted molar refractivity (Wildman–Crippen MR) is 112 cm³/mol. The van der Waals surface area contributed by atoms with Gasteiger partial charge in [-0.15, -0.1) is 0 Å². The smallest absolute Gasteiger partial charge is 0.312 e. The second kappa shape index (κ2) is 8.45. The van der Waals surface area contributed by atoms with Crippen molar-refractivity contribution in [3.8, 4) is 0 Å². The number of aliphatic hydroxyl groups excluding tert-OH is 1. The van der Waals surface area contributed by atoms with Gasteiger partial charge < -0.3 is 9.84 Å². The Bertz CT molecular complexity index is 560. The monoisotopic (exact) mass is 395 g/mol. The van der Waals surface area contributed by atoms with Crippen molar-refractivity contribution in [3.63, 3.8) is 0 Å². The van der Waals surface area contributed by atoms with Crippen molar-refractivity contribution in [2.45, 2.75) is 116 Å². The van der Waals surface area contributed by atoms with Crippen LogP contribution in [0.1, 0.15) is 87.5 Å². The van der Waals surface area contributed by atoms with E-state index in [-0.39, 0.29) is 29.1 Å². The number of nitrogens with zero attached hydrogens (tertiary/aromatic N) is 1. The molecule has 2 fully saturated rings. The number of hydrogen-bond acceptors (Lipinski definition) is 5. The highest BCUT2D eigenvalue weighted by molar-refractivity contribution is 5.74. The van der Waals surface area contributed by atoms with Crippen molar-refractivity contribution >= 4 is 5.97 Å². The molecule has 1 saturated carbocycles. The number of hydrogen-bond donors (Lipinski definition) is 1. The summed E-state index contributed by atoms with van der Waals surface area (Å²) in [6, 6.07) is 0. The van der Waals surface area contributed by atoms with Crippen LogP contribution in [0.2, 0.25) is 0 Å². The van der Waals surface area contributed by atoms with Crippen molar-refractivity contribution in [3.05, 3.63) is 12.2 Å². The molecular formula is C23H41NO4. The topological polar surface area (TPSA) is 59.0 Å². The van der Waals surface area contributed by atoms with E-state index in [2.05, 4.69) is 32.8 Å². The Kier molecular flexibility index (Phi) is 7.05. The third-order valence-corrected chi connectivity index (χ3v) is 5.93. The lowest BCUT2D eigenvalue weighted by atomic mass is 9.82. The second-order valence-electron chi connectivity index (χ2n) is 10.8. The molecule has 5 heteroatoms. The minimum absolute atomic E-state index is 0.00749. The fraction of sp³-hybridized carbons (Fsp3) is 0.870. The number of ether oxygens (including phenoxy) is 1. The number of esters is 1. The first kappa shape index (κ1) is 23.4. The molecule has 28 heavy (non-hydrogen) atoms. The fourth-order valence-electron chi connectivity index (χ4n) is 4.69. The Morgan fingerprint density at radius 1 is 1.14 bits per heavy atom. The Morgan fingerprint density at radius 2 is 1.71 bits per heavy atom. The number of rotatable bonds is 5. The molecule has 0 amide bonds. The summed E-state index contributed by atoms with van der Waals surface area (Å²) in [7, 11) is 0. The number of aliphatic hydroxyl groups is 1. The molecule has 0 unspecified atom stereocenters. The Balaban J connectivity index is 2.04. The molecule has 0 aromatic carbocycles. The van der Waals surface area contributed by atoms with E-state index >= 15 is 0 Å². The summed E-state index contributed by atoms with van der Waals surface area (Å²) < 4.78 is 5.53. The third-order valence-electron chi connectivity index (χ3n) is 5.93. The van der Waals surface area contributed by atoms with E-state index < -0.39 is 17.6 Å². The van der Waals surface area contributed by atoms with Crippen LogP contribution in [0.4, 0.5) is 0 Å². The number of piperidine rings is 1. The van der Waals surface area contributed by atoms with Gasteiger partial charge in [0.1, 0.15) is 5.60 Å². The highest BCUT2D eigenvalue weighted by Crippen LogP contribution is 2.39. The van der Waals surface area contributed by atoms with Crippen LogP contribution in [0.15, 0.2) is 12.2 Å². The molecule has 0 aromatic rings. The third kappa shape index (κ3) is 5.80. The SMILES string of the molecule is C[C@@H](/C=C/[C@H]1CC[C@H](O)[C@@H]1C(=O)OC(C)(C)C)ON1C(C)(C)CCCC1(C)C. The molecule has 1 heterocycles. The molecular weight excluding hydrogens is 354 g/mol. The van der Waals surface area contributed by atoms with Gasteiger partial charge >= 0.3 is 5.97 Å². The van der Waals surface area contributed by atoms with Crippen molar-refractivity contribution in [2.24, 2.45) is 11.8 Å². The lowest BCUT2D eigenvalue weighted by Gasteiger charge is -2.52. The maximum Gasteiger partial charge on any atom is 0.312 e. The highest BCUT2D eigenvalue weighted by atomic mass is 16.7. The van der Waals surface area contributed by atoms with E-state index in [0.29, 0.717) is 6.42 Å². The van der Waals surface area contributed by atoms with Crippen molar-refractivity contribution < 1.29 is 19.5 Å². The summed E-state index contributed by atoms with van der Waals surface area (Å²) >= 11 is 0. The molecule has 4 atom stereocenters. The van der Waals surface area contributed by atoms with Crippen molar-refractivity contribution in [1.82, 2.24) is 5.06 Å². The van der Waals surface area contributed by atoms with Gasteiger partial charge in [0.05, 0.1) is 18.1 Å². The summed E-state index contributed by atoms with van der Waals surface area (Å²) in [4.78, 5) is 18.9. The van der Waals surface area contributed by atoms with Gasteiger partial charge in [-0.3, -0.25) is 9.63 Å². The van der Waals surface area contributed by atoms with Gasteiger partial charge in [0.15, 0.2) is 0 Å². The van der Waals surface area contributed by atoms with Crippen molar-refractivity contribution in [1.29, 1.82) is 0 Å². The van der Waals surface area contributed by atoms with Gasteiger partial charge in [-0.25, -0.2) is 0 Å². The fourth-order valence-corrected chi connectivity index (χ4v) is 4.69. The van der Waals surface area contributed by atoms with Gasteiger partial charge in [0, 0.05) is 11.1 Å². The maximum absolute atomic E-state index is 12.6. The summed E-state index contributed by atoms with van der Waals surface area (Å²) in [6.07, 6.45) is 8.18. The van der Waals surface area contributed by atoms with Gasteiger partial charge in [0.2, 0.25) is 0 Å². The summed E-state index contributed by atoms with van der Waals surface area (Å²) in [6.45, 7) is 16.5. The van der Waals surface area contributed by atoms with Crippen LogP contribution in [0.3, 0.4) is 0 Å². The standard InChI is InChI=1S/C23H41NO4/c1-16(28-24-22(5,6)14-9-15-23(24,7)8)10-11-17-12-13-18(25)19(17)20(26)27-21(2,3)4/h10-11,16-19,25H,9,12-15H2,1-8H3/b11-10+/t16-,17-,18-,19+/m0/s1. The second-order valence-corrected chi connectivity index (χ2v) is 10.8. The van der Waals surface area contributed by atoms with Crippen LogP contribution in [0, 0.1) is 11.8 Å². The first-order valence-electron chi connectivity index (χ1n) is 10.8. The summed E-state index contributed by atoms with van der Waals surface area (Å²) in [5, 5.41) is 12.5. The predicted octanol–water partition coefficient (Wildman–Crippen LogP) is 4.63. The summed E-state index contributed by atoms with van der Waals surface area (Å²) in [5.74, 6) is -0.817. The number of carbonyl (C=O) groups excluding carboxylic acids is 1. The molecule has 2 aliphatic rings. The normalized spacial score (nSPS) is 31.8. The van der Waals surface area contributed by atoms with Crippen LogP contribution >= 0.6 is 0 Å². The molecule has 2 rings (SSSR count). The minimum atomic E-state index is -0.638. The Labute approximate surface area is 171 Å². The molecule has 0 spiro atoms. The van der Waals surface area contributed by atoms with E-state index in [1.165, 1.54) is 6.42 Å². The minimum Gasteiger partial charge on any atom is -0.460 e. The zero-order chi connectivity index (χ0) is 21.3. The number of carbonyl (C=O) groups is 1. The first-order chi connectivity index (χ1) is 12.7. The van der Waals surface area contributed by atoms with E-state index in [9.17, 15) is 9.90 Å². The molecule has 0 bridgehead atoms. The summed E-state index contributed by atoms with van der Waals surface area (Å²) in [5.41, 5.74) is -0.561. The highest BCUT2D eigenvalue weighted by Gasteiger charge is 2.44. The number of allylic oxidation sites excluding steroid dienone is 1. The molecule has 1 aliphatic heterocycles. The van der Waals surface area contributed by atoms with Gasteiger partial charge in [0.25, 0.3) is 0 Å².